The number of Topliss-reactive ketones (excluding diaryl/α,β-unsaturated/α-hetero) is 1. The number of para-hydroxylation sites is 1. The van der Waals surface area contributed by atoms with E-state index in [1.54, 1.807) is 37.4 Å². The Bertz CT molecular complexity index is 713. The number of ketones is 1. The Morgan fingerprint density at radius 1 is 1.17 bits per heavy atom. The number of benzene rings is 1. The number of carbonyl (C=O) groups excluding carboxylic acids is 2. The molecule has 0 bridgehead atoms. The Morgan fingerprint density at radius 3 is 2.57 bits per heavy atom. The number of nitro benzene ring substituents is 1. The van der Waals surface area contributed by atoms with E-state index in [9.17, 15) is 19.7 Å². The molecule has 2 aromatic rings. The molecule has 2 rings (SSSR count). The smallest absolute Gasteiger partial charge is 0.274 e. The average molecular weight is 332 g/mol. The van der Waals surface area contributed by atoms with Crippen LogP contribution in [0.5, 0.6) is 0 Å². The number of nitrogens with zero attached hydrogens (tertiary/aromatic N) is 2. The van der Waals surface area contributed by atoms with Gasteiger partial charge in [0, 0.05) is 31.5 Å². The average Bonchev–Trinajstić information content (AvgIpc) is 3.07. The van der Waals surface area contributed by atoms with Gasteiger partial charge in [-0.3, -0.25) is 19.7 Å². The summed E-state index contributed by atoms with van der Waals surface area (Å²) in [6, 6.07) is 9.84. The number of nitro groups is 1. The van der Waals surface area contributed by atoms with Crippen molar-refractivity contribution < 1.29 is 14.5 Å². The van der Waals surface area contributed by atoms with E-state index in [0.717, 1.165) is 0 Å². The highest BCUT2D eigenvalue weighted by atomic mass is 32.1. The van der Waals surface area contributed by atoms with Crippen LogP contribution in [0.3, 0.4) is 0 Å². The molecule has 1 aromatic carbocycles. The Hall–Kier alpha value is -2.54. The third-order valence-corrected chi connectivity index (χ3v) is 4.29. The van der Waals surface area contributed by atoms with Crippen LogP contribution < -0.4 is 0 Å². The molecule has 0 spiro atoms. The van der Waals surface area contributed by atoms with Crippen LogP contribution in [0.2, 0.25) is 0 Å². The summed E-state index contributed by atoms with van der Waals surface area (Å²) in [5.41, 5.74) is 0.458. The van der Waals surface area contributed by atoms with Crippen molar-refractivity contribution in [3.05, 3.63) is 62.3 Å². The van der Waals surface area contributed by atoms with Gasteiger partial charge in [-0.15, -0.1) is 11.3 Å². The van der Waals surface area contributed by atoms with E-state index >= 15 is 0 Å². The summed E-state index contributed by atoms with van der Waals surface area (Å²) in [5.74, 6) is -0.277. The van der Waals surface area contributed by atoms with E-state index in [1.807, 2.05) is 5.38 Å². The third kappa shape index (κ3) is 4.46. The maximum Gasteiger partial charge on any atom is 0.274 e. The number of amides is 1. The van der Waals surface area contributed by atoms with Gasteiger partial charge in [-0.1, -0.05) is 24.3 Å². The molecular formula is C16H16N2O4S. The van der Waals surface area contributed by atoms with Crippen molar-refractivity contribution in [2.75, 3.05) is 7.05 Å². The van der Waals surface area contributed by atoms with Gasteiger partial charge < -0.3 is 4.90 Å². The summed E-state index contributed by atoms with van der Waals surface area (Å²) < 4.78 is 0. The number of rotatable bonds is 7. The molecule has 1 amide bonds. The highest BCUT2D eigenvalue weighted by Gasteiger charge is 2.18. The molecule has 0 aliphatic heterocycles. The molecule has 0 aliphatic rings. The fraction of sp³-hybridized carbons (Fsp3) is 0.250. The van der Waals surface area contributed by atoms with Gasteiger partial charge in [-0.05, 0) is 11.4 Å². The first-order valence-corrected chi connectivity index (χ1v) is 7.90. The molecule has 0 radical (unpaired) electrons. The maximum atomic E-state index is 12.1. The molecule has 1 aromatic heterocycles. The Kier molecular flexibility index (Phi) is 5.59. The summed E-state index contributed by atoms with van der Waals surface area (Å²) in [5, 5.41) is 12.8. The van der Waals surface area contributed by atoms with Gasteiger partial charge in [-0.2, -0.15) is 0 Å². The van der Waals surface area contributed by atoms with E-state index in [4.69, 9.17) is 0 Å². The monoisotopic (exact) mass is 332 g/mol. The number of carbonyl (C=O) groups is 2. The first-order chi connectivity index (χ1) is 11.0. The van der Waals surface area contributed by atoms with E-state index < -0.39 is 4.92 Å². The Labute approximate surface area is 137 Å². The van der Waals surface area contributed by atoms with Gasteiger partial charge in [0.1, 0.15) is 0 Å². The van der Waals surface area contributed by atoms with Crippen molar-refractivity contribution in [2.24, 2.45) is 0 Å². The van der Waals surface area contributed by atoms with Gasteiger partial charge in [0.15, 0.2) is 5.78 Å². The maximum absolute atomic E-state index is 12.1. The number of hydrogen-bond donors (Lipinski definition) is 0. The Morgan fingerprint density at radius 2 is 1.91 bits per heavy atom. The van der Waals surface area contributed by atoms with E-state index in [0.29, 0.717) is 10.4 Å². The minimum Gasteiger partial charge on any atom is -0.341 e. The quantitative estimate of drug-likeness (QED) is 0.443. The topological polar surface area (TPSA) is 80.5 Å². The fourth-order valence-electron chi connectivity index (χ4n) is 2.14. The van der Waals surface area contributed by atoms with Gasteiger partial charge in [-0.25, -0.2) is 0 Å². The normalized spacial score (nSPS) is 10.3. The lowest BCUT2D eigenvalue weighted by atomic mass is 10.1. The second-order valence-corrected chi connectivity index (χ2v) is 5.98. The molecule has 0 saturated carbocycles. The predicted octanol–water partition coefficient (Wildman–Crippen LogP) is 3.28. The third-order valence-electron chi connectivity index (χ3n) is 3.38. The fourth-order valence-corrected chi connectivity index (χ4v) is 2.83. The lowest BCUT2D eigenvalue weighted by molar-refractivity contribution is -0.385. The van der Waals surface area contributed by atoms with Crippen LogP contribution in [0.4, 0.5) is 5.69 Å². The lowest BCUT2D eigenvalue weighted by Crippen LogP contribution is -2.26. The van der Waals surface area contributed by atoms with Gasteiger partial charge in [0.05, 0.1) is 16.3 Å². The van der Waals surface area contributed by atoms with E-state index in [-0.39, 0.29) is 36.8 Å². The van der Waals surface area contributed by atoms with Crippen LogP contribution in [-0.4, -0.2) is 28.6 Å². The predicted molar refractivity (Wildman–Crippen MR) is 87.5 cm³/mol. The van der Waals surface area contributed by atoms with Crippen molar-refractivity contribution >= 4 is 28.7 Å². The molecule has 0 saturated heterocycles. The molecule has 23 heavy (non-hydrogen) atoms. The van der Waals surface area contributed by atoms with Gasteiger partial charge >= 0.3 is 0 Å². The van der Waals surface area contributed by atoms with E-state index in [2.05, 4.69) is 0 Å². The first-order valence-electron chi connectivity index (χ1n) is 7.02. The van der Waals surface area contributed by atoms with Crippen LogP contribution in [-0.2, 0) is 11.3 Å². The van der Waals surface area contributed by atoms with Crippen LogP contribution in [0.15, 0.2) is 41.8 Å². The zero-order valence-corrected chi connectivity index (χ0v) is 13.4. The standard InChI is InChI=1S/C16H16N2O4S/c1-17(11-12-5-2-3-6-13(12)18(21)22)16(20)9-8-14(19)15-7-4-10-23-15/h2-7,10H,8-9,11H2,1H3. The minimum atomic E-state index is -0.464. The molecule has 0 N–H and O–H groups in total. The second kappa shape index (κ2) is 7.64. The van der Waals surface area contributed by atoms with Crippen LogP contribution in [0, 0.1) is 10.1 Å². The SMILES string of the molecule is CN(Cc1ccccc1[N+](=O)[O-])C(=O)CCC(=O)c1cccs1. The second-order valence-electron chi connectivity index (χ2n) is 5.04. The molecule has 0 fully saturated rings. The molecule has 0 unspecified atom stereocenters. The van der Waals surface area contributed by atoms with Crippen LogP contribution >= 0.6 is 11.3 Å². The summed E-state index contributed by atoms with van der Waals surface area (Å²) in [7, 11) is 1.58. The van der Waals surface area contributed by atoms with Crippen molar-refractivity contribution in [1.82, 2.24) is 4.90 Å². The zero-order valence-electron chi connectivity index (χ0n) is 12.6. The van der Waals surface area contributed by atoms with Crippen molar-refractivity contribution in [2.45, 2.75) is 19.4 Å². The minimum absolute atomic E-state index is 0.0122. The number of thiophene rings is 1. The van der Waals surface area contributed by atoms with E-state index in [1.165, 1.54) is 22.3 Å². The molecule has 0 aliphatic carbocycles. The number of hydrogen-bond acceptors (Lipinski definition) is 5. The largest absolute Gasteiger partial charge is 0.341 e. The molecule has 120 valence electrons. The summed E-state index contributed by atoms with van der Waals surface area (Å²) in [6.07, 6.45) is 0.231. The van der Waals surface area contributed by atoms with Crippen molar-refractivity contribution in [3.8, 4) is 0 Å². The van der Waals surface area contributed by atoms with Gasteiger partial charge in [0.25, 0.3) is 5.69 Å². The van der Waals surface area contributed by atoms with Crippen molar-refractivity contribution in [1.29, 1.82) is 0 Å². The lowest BCUT2D eigenvalue weighted by Gasteiger charge is -2.17. The summed E-state index contributed by atoms with van der Waals surface area (Å²) >= 11 is 1.35. The molecule has 7 heteroatoms. The zero-order chi connectivity index (χ0) is 16.8. The first kappa shape index (κ1) is 16.8. The molecule has 0 atom stereocenters. The summed E-state index contributed by atoms with van der Waals surface area (Å²) in [6.45, 7) is 0.142. The summed E-state index contributed by atoms with van der Waals surface area (Å²) in [4.78, 5) is 36.6. The molecule has 1 heterocycles. The highest BCUT2D eigenvalue weighted by molar-refractivity contribution is 7.12. The molecule has 6 nitrogen and oxygen atoms in total. The van der Waals surface area contributed by atoms with Crippen LogP contribution in [0.25, 0.3) is 0 Å². The van der Waals surface area contributed by atoms with Crippen molar-refractivity contribution in [3.63, 3.8) is 0 Å². The van der Waals surface area contributed by atoms with Crippen LogP contribution in [0.1, 0.15) is 28.1 Å². The van der Waals surface area contributed by atoms with Gasteiger partial charge in [0.2, 0.25) is 5.91 Å². The highest BCUT2D eigenvalue weighted by Crippen LogP contribution is 2.19. The molecular weight excluding hydrogens is 316 g/mol. The Balaban J connectivity index is 1.93.